The maximum absolute atomic E-state index is 11.1. The summed E-state index contributed by atoms with van der Waals surface area (Å²) < 4.78 is 31.8. The van der Waals surface area contributed by atoms with E-state index in [1.54, 1.807) is 6.07 Å². The molecule has 1 heterocycles. The van der Waals surface area contributed by atoms with Crippen LogP contribution in [0.5, 0.6) is 11.8 Å². The third kappa shape index (κ3) is 2.26. The van der Waals surface area contributed by atoms with Crippen molar-refractivity contribution in [2.24, 2.45) is 5.11 Å². The Hall–Kier alpha value is -2.68. The lowest BCUT2D eigenvalue weighted by Crippen LogP contribution is -1.98. The van der Waals surface area contributed by atoms with E-state index in [2.05, 4.69) is 10.0 Å². The smallest absolute Gasteiger partial charge is 0.300 e. The van der Waals surface area contributed by atoms with Gasteiger partial charge >= 0.3 is 0 Å². The van der Waals surface area contributed by atoms with Crippen molar-refractivity contribution in [3.63, 3.8) is 0 Å². The molecule has 2 aromatic rings. The van der Waals surface area contributed by atoms with Crippen LogP contribution in [0.15, 0.2) is 40.3 Å². The van der Waals surface area contributed by atoms with Crippen molar-refractivity contribution in [1.82, 2.24) is 4.57 Å². The Bertz CT molecular complexity index is 820. The summed E-state index contributed by atoms with van der Waals surface area (Å²) in [6, 6.07) is 6.54. The van der Waals surface area contributed by atoms with Crippen LogP contribution in [0.4, 0.5) is 5.69 Å². The molecule has 0 saturated heterocycles. The average molecular weight is 296 g/mol. The standard InChI is InChI=1S/C10H8N4O5S/c11-13-12-6-3-1-2-4-7(6)14-9(15)5-8(10(14)16)20(17,18)19/h1-5,15-16H,(H,17,18,19). The molecule has 2 rings (SSSR count). The van der Waals surface area contributed by atoms with Crippen molar-refractivity contribution in [2.45, 2.75) is 4.90 Å². The van der Waals surface area contributed by atoms with Gasteiger partial charge in [-0.3, -0.25) is 4.55 Å². The third-order valence-corrected chi connectivity index (χ3v) is 3.33. The normalized spacial score (nSPS) is 11.1. The first-order chi connectivity index (χ1) is 9.36. The fourth-order valence-corrected chi connectivity index (χ4v) is 2.25. The molecule has 10 heteroatoms. The topological polar surface area (TPSA) is 149 Å². The SMILES string of the molecule is [N-]=[N+]=Nc1ccccc1-n1c(O)cc(S(=O)(=O)O)c1O. The predicted molar refractivity (Wildman–Crippen MR) is 67.7 cm³/mol. The first-order valence-corrected chi connectivity index (χ1v) is 6.56. The number of aromatic hydroxyl groups is 2. The first-order valence-electron chi connectivity index (χ1n) is 5.12. The summed E-state index contributed by atoms with van der Waals surface area (Å²) >= 11 is 0. The molecule has 1 aromatic heterocycles. The van der Waals surface area contributed by atoms with Crippen LogP contribution in [0.2, 0.25) is 0 Å². The van der Waals surface area contributed by atoms with E-state index in [4.69, 9.17) is 10.1 Å². The number of para-hydroxylation sites is 1. The van der Waals surface area contributed by atoms with Gasteiger partial charge in [0.15, 0.2) is 10.8 Å². The van der Waals surface area contributed by atoms with E-state index in [1.165, 1.54) is 18.2 Å². The van der Waals surface area contributed by atoms with E-state index in [-0.39, 0.29) is 11.4 Å². The second-order valence-corrected chi connectivity index (χ2v) is 5.07. The van der Waals surface area contributed by atoms with Crippen molar-refractivity contribution < 1.29 is 23.2 Å². The van der Waals surface area contributed by atoms with E-state index in [9.17, 15) is 18.6 Å². The minimum atomic E-state index is -4.70. The molecule has 0 spiro atoms. The van der Waals surface area contributed by atoms with Gasteiger partial charge in [-0.15, -0.1) is 0 Å². The Morgan fingerprint density at radius 2 is 1.90 bits per heavy atom. The van der Waals surface area contributed by atoms with E-state index >= 15 is 0 Å². The van der Waals surface area contributed by atoms with Gasteiger partial charge in [-0.05, 0) is 11.6 Å². The highest BCUT2D eigenvalue weighted by Crippen LogP contribution is 2.37. The zero-order chi connectivity index (χ0) is 14.9. The zero-order valence-corrected chi connectivity index (χ0v) is 10.6. The van der Waals surface area contributed by atoms with E-state index < -0.39 is 26.8 Å². The molecule has 0 bridgehead atoms. The molecule has 0 unspecified atom stereocenters. The van der Waals surface area contributed by atoms with Crippen molar-refractivity contribution in [2.75, 3.05) is 0 Å². The van der Waals surface area contributed by atoms with Gasteiger partial charge in [0, 0.05) is 11.0 Å². The van der Waals surface area contributed by atoms with Gasteiger partial charge in [0.2, 0.25) is 5.88 Å². The van der Waals surface area contributed by atoms with Crippen LogP contribution < -0.4 is 0 Å². The Morgan fingerprint density at radius 1 is 1.25 bits per heavy atom. The number of azide groups is 1. The molecule has 0 atom stereocenters. The number of rotatable bonds is 3. The summed E-state index contributed by atoms with van der Waals surface area (Å²) in [5, 5.41) is 22.9. The van der Waals surface area contributed by atoms with Crippen molar-refractivity contribution >= 4 is 15.8 Å². The largest absolute Gasteiger partial charge is 0.494 e. The Balaban J connectivity index is 2.78. The average Bonchev–Trinajstić information content (AvgIpc) is 2.66. The minimum absolute atomic E-state index is 0.0511. The molecule has 0 aliphatic rings. The molecule has 1 aromatic carbocycles. The van der Waals surface area contributed by atoms with Crippen molar-refractivity contribution in [1.29, 1.82) is 0 Å². The van der Waals surface area contributed by atoms with Gasteiger partial charge in [0.1, 0.15) is 0 Å². The molecule has 0 saturated carbocycles. The van der Waals surface area contributed by atoms with Crippen LogP contribution in [0, 0.1) is 0 Å². The van der Waals surface area contributed by atoms with Crippen LogP contribution in [-0.2, 0) is 10.1 Å². The molecule has 20 heavy (non-hydrogen) atoms. The summed E-state index contributed by atoms with van der Waals surface area (Å²) in [5.74, 6) is -1.54. The van der Waals surface area contributed by atoms with Gasteiger partial charge in [-0.2, -0.15) is 8.42 Å². The lowest BCUT2D eigenvalue weighted by molar-refractivity contribution is 0.395. The van der Waals surface area contributed by atoms with Gasteiger partial charge in [-0.1, -0.05) is 23.3 Å². The van der Waals surface area contributed by atoms with Crippen LogP contribution >= 0.6 is 0 Å². The zero-order valence-electron chi connectivity index (χ0n) is 9.74. The predicted octanol–water partition coefficient (Wildman–Crippen LogP) is 2.08. The summed E-state index contributed by atoms with van der Waals surface area (Å²) in [7, 11) is -4.70. The molecule has 0 aliphatic heterocycles. The lowest BCUT2D eigenvalue weighted by Gasteiger charge is -2.09. The number of aromatic nitrogens is 1. The number of hydrogen-bond donors (Lipinski definition) is 3. The Labute approximate surface area is 112 Å². The van der Waals surface area contributed by atoms with Crippen LogP contribution in [0.1, 0.15) is 0 Å². The molecular formula is C10H8N4O5S. The fraction of sp³-hybridized carbons (Fsp3) is 0. The monoisotopic (exact) mass is 296 g/mol. The van der Waals surface area contributed by atoms with E-state index in [1.807, 2.05) is 0 Å². The van der Waals surface area contributed by atoms with Crippen LogP contribution in [-0.4, -0.2) is 27.8 Å². The molecule has 0 aliphatic carbocycles. The van der Waals surface area contributed by atoms with Crippen molar-refractivity contribution in [3.05, 3.63) is 40.8 Å². The Kier molecular flexibility index (Phi) is 3.28. The van der Waals surface area contributed by atoms with Crippen molar-refractivity contribution in [3.8, 4) is 17.4 Å². The highest BCUT2D eigenvalue weighted by atomic mass is 32.2. The van der Waals surface area contributed by atoms with Gasteiger partial charge in [0.05, 0.1) is 11.4 Å². The Morgan fingerprint density at radius 3 is 2.45 bits per heavy atom. The second-order valence-electron chi connectivity index (χ2n) is 3.68. The fourth-order valence-electron chi connectivity index (χ4n) is 1.68. The molecule has 3 N–H and O–H groups in total. The molecule has 0 amide bonds. The minimum Gasteiger partial charge on any atom is -0.494 e. The van der Waals surface area contributed by atoms with Crippen LogP contribution in [0.3, 0.4) is 0 Å². The lowest BCUT2D eigenvalue weighted by atomic mass is 10.2. The summed E-state index contributed by atoms with van der Waals surface area (Å²) in [6.07, 6.45) is 0. The third-order valence-electron chi connectivity index (χ3n) is 2.47. The number of hydrogen-bond acceptors (Lipinski definition) is 5. The summed E-state index contributed by atoms with van der Waals surface area (Å²) in [4.78, 5) is 1.73. The maximum Gasteiger partial charge on any atom is 0.300 e. The second kappa shape index (κ2) is 4.78. The molecule has 9 nitrogen and oxygen atoms in total. The summed E-state index contributed by atoms with van der Waals surface area (Å²) in [6.45, 7) is 0. The number of nitrogens with zero attached hydrogens (tertiary/aromatic N) is 4. The molecule has 104 valence electrons. The maximum atomic E-state index is 11.1. The van der Waals surface area contributed by atoms with Gasteiger partial charge in [-0.25, -0.2) is 4.57 Å². The van der Waals surface area contributed by atoms with Gasteiger partial charge in [0.25, 0.3) is 10.1 Å². The van der Waals surface area contributed by atoms with Gasteiger partial charge < -0.3 is 10.2 Å². The highest BCUT2D eigenvalue weighted by molar-refractivity contribution is 7.86. The first kappa shape index (κ1) is 13.7. The molecular weight excluding hydrogens is 288 g/mol. The quantitative estimate of drug-likeness (QED) is 0.343. The molecule has 0 fully saturated rings. The van der Waals surface area contributed by atoms with E-state index in [0.29, 0.717) is 6.07 Å². The number of benzene rings is 1. The van der Waals surface area contributed by atoms with Crippen LogP contribution in [0.25, 0.3) is 16.1 Å². The van der Waals surface area contributed by atoms with E-state index in [0.717, 1.165) is 4.57 Å². The molecule has 0 radical (unpaired) electrons. The highest BCUT2D eigenvalue weighted by Gasteiger charge is 2.24. The summed E-state index contributed by atoms with van der Waals surface area (Å²) in [5.41, 5.74) is 8.56.